The molecule has 1 heterocycles. The number of rotatable bonds is 4. The number of halogens is 1. The summed E-state index contributed by atoms with van der Waals surface area (Å²) in [5.41, 5.74) is 8.87. The molecule has 2 rings (SSSR count). The Kier molecular flexibility index (Phi) is 6.53. The first kappa shape index (κ1) is 18.6. The third-order valence-corrected chi connectivity index (χ3v) is 4.69. The first-order valence-corrected chi connectivity index (χ1v) is 7.80. The number of carbonyl (C=O) groups is 1. The summed E-state index contributed by atoms with van der Waals surface area (Å²) < 4.78 is 0. The van der Waals surface area contributed by atoms with Gasteiger partial charge in [-0.3, -0.25) is 4.79 Å². The lowest BCUT2D eigenvalue weighted by Gasteiger charge is -2.14. The van der Waals surface area contributed by atoms with Gasteiger partial charge in [-0.1, -0.05) is 29.8 Å². The predicted molar refractivity (Wildman–Crippen MR) is 94.5 cm³/mol. The smallest absolute Gasteiger partial charge is 0.237 e. The summed E-state index contributed by atoms with van der Waals surface area (Å²) in [6.07, 6.45) is 0. The highest BCUT2D eigenvalue weighted by Gasteiger charge is 2.18. The van der Waals surface area contributed by atoms with Crippen LogP contribution in [0.1, 0.15) is 36.0 Å². The summed E-state index contributed by atoms with van der Waals surface area (Å²) in [6, 6.07) is 7.71. The van der Waals surface area contributed by atoms with Gasteiger partial charge in [-0.2, -0.15) is 0 Å². The van der Waals surface area contributed by atoms with Crippen molar-refractivity contribution in [3.63, 3.8) is 0 Å². The summed E-state index contributed by atoms with van der Waals surface area (Å²) in [6.45, 7) is 7.67. The van der Waals surface area contributed by atoms with Crippen LogP contribution in [0.25, 0.3) is 10.6 Å². The topological polar surface area (TPSA) is 68.0 Å². The van der Waals surface area contributed by atoms with Crippen molar-refractivity contribution in [2.45, 2.75) is 39.8 Å². The number of hydrogen-bond acceptors (Lipinski definition) is 4. The minimum Gasteiger partial charge on any atom is -0.347 e. The van der Waals surface area contributed by atoms with Crippen molar-refractivity contribution in [1.29, 1.82) is 0 Å². The SMILES string of the molecule is Cc1ccc(-c2nc(C)c(C(C)NC(=O)[C@H](C)N)s2)cc1.Cl. The molecule has 2 atom stereocenters. The van der Waals surface area contributed by atoms with Crippen molar-refractivity contribution in [2.75, 3.05) is 0 Å². The van der Waals surface area contributed by atoms with Gasteiger partial charge in [0, 0.05) is 5.56 Å². The molecule has 3 N–H and O–H groups in total. The van der Waals surface area contributed by atoms with Crippen LogP contribution in [0.2, 0.25) is 0 Å². The molecule has 6 heteroatoms. The number of nitrogens with zero attached hydrogens (tertiary/aromatic N) is 1. The van der Waals surface area contributed by atoms with Crippen LogP contribution >= 0.6 is 23.7 Å². The minimum atomic E-state index is -0.503. The average molecular weight is 340 g/mol. The number of aryl methyl sites for hydroxylation is 2. The molecular formula is C16H22ClN3OS. The molecule has 0 aliphatic rings. The van der Waals surface area contributed by atoms with E-state index in [9.17, 15) is 4.79 Å². The molecule has 22 heavy (non-hydrogen) atoms. The zero-order valence-corrected chi connectivity index (χ0v) is 14.8. The maximum atomic E-state index is 11.7. The van der Waals surface area contributed by atoms with E-state index in [2.05, 4.69) is 41.5 Å². The molecule has 0 bridgehead atoms. The summed E-state index contributed by atoms with van der Waals surface area (Å²) in [5, 5.41) is 3.89. The normalized spacial score (nSPS) is 13.1. The van der Waals surface area contributed by atoms with Gasteiger partial charge in [0.15, 0.2) is 0 Å². The lowest BCUT2D eigenvalue weighted by Crippen LogP contribution is -2.39. The van der Waals surface area contributed by atoms with Crippen molar-refractivity contribution in [3.05, 3.63) is 40.4 Å². The van der Waals surface area contributed by atoms with E-state index >= 15 is 0 Å². The molecule has 0 radical (unpaired) electrons. The average Bonchev–Trinajstić information content (AvgIpc) is 2.81. The summed E-state index contributed by atoms with van der Waals surface area (Å²) in [5.74, 6) is -0.146. The third-order valence-electron chi connectivity index (χ3n) is 3.30. The molecule has 0 aliphatic heterocycles. The van der Waals surface area contributed by atoms with Gasteiger partial charge in [-0.25, -0.2) is 4.98 Å². The maximum Gasteiger partial charge on any atom is 0.237 e. The largest absolute Gasteiger partial charge is 0.347 e. The van der Waals surface area contributed by atoms with Crippen LogP contribution in [0.15, 0.2) is 24.3 Å². The van der Waals surface area contributed by atoms with E-state index in [1.54, 1.807) is 18.3 Å². The molecule has 120 valence electrons. The molecule has 0 saturated carbocycles. The first-order valence-electron chi connectivity index (χ1n) is 6.99. The lowest BCUT2D eigenvalue weighted by molar-refractivity contribution is -0.122. The van der Waals surface area contributed by atoms with E-state index in [1.165, 1.54) is 5.56 Å². The van der Waals surface area contributed by atoms with Crippen molar-refractivity contribution in [2.24, 2.45) is 5.73 Å². The predicted octanol–water partition coefficient (Wildman–Crippen LogP) is 3.37. The Hall–Kier alpha value is -1.43. The Bertz CT molecular complexity index is 637. The number of carbonyl (C=O) groups excluding carboxylic acids is 1. The number of nitrogens with two attached hydrogens (primary N) is 1. The number of nitrogens with one attached hydrogen (secondary N) is 1. The van der Waals surface area contributed by atoms with Gasteiger partial charge in [-0.15, -0.1) is 23.7 Å². The molecule has 1 amide bonds. The fourth-order valence-corrected chi connectivity index (χ4v) is 3.11. The van der Waals surface area contributed by atoms with Crippen LogP contribution < -0.4 is 11.1 Å². The van der Waals surface area contributed by atoms with Gasteiger partial charge in [0.25, 0.3) is 0 Å². The number of thiazole rings is 1. The van der Waals surface area contributed by atoms with Crippen LogP contribution in [0.4, 0.5) is 0 Å². The Morgan fingerprint density at radius 3 is 2.36 bits per heavy atom. The van der Waals surface area contributed by atoms with Crippen LogP contribution in [0.5, 0.6) is 0 Å². The minimum absolute atomic E-state index is 0. The van der Waals surface area contributed by atoms with E-state index in [-0.39, 0.29) is 24.4 Å². The highest BCUT2D eigenvalue weighted by molar-refractivity contribution is 7.15. The lowest BCUT2D eigenvalue weighted by atomic mass is 10.2. The van der Waals surface area contributed by atoms with Gasteiger partial charge in [0.2, 0.25) is 5.91 Å². The second-order valence-electron chi connectivity index (χ2n) is 5.35. The second-order valence-corrected chi connectivity index (χ2v) is 6.38. The Balaban J connectivity index is 0.00000242. The zero-order valence-electron chi connectivity index (χ0n) is 13.2. The summed E-state index contributed by atoms with van der Waals surface area (Å²) in [4.78, 5) is 17.4. The summed E-state index contributed by atoms with van der Waals surface area (Å²) >= 11 is 1.61. The third kappa shape index (κ3) is 4.29. The molecule has 4 nitrogen and oxygen atoms in total. The van der Waals surface area contributed by atoms with E-state index < -0.39 is 6.04 Å². The van der Waals surface area contributed by atoms with Crippen molar-refractivity contribution < 1.29 is 4.79 Å². The highest BCUT2D eigenvalue weighted by Crippen LogP contribution is 2.31. The van der Waals surface area contributed by atoms with Crippen LogP contribution in [-0.4, -0.2) is 16.9 Å². The van der Waals surface area contributed by atoms with Gasteiger partial charge < -0.3 is 11.1 Å². The monoisotopic (exact) mass is 339 g/mol. The van der Waals surface area contributed by atoms with E-state index in [4.69, 9.17) is 5.73 Å². The molecule has 0 spiro atoms. The molecule has 1 aromatic carbocycles. The molecule has 0 aliphatic carbocycles. The molecule has 1 aromatic heterocycles. The molecule has 1 unspecified atom stereocenters. The number of amides is 1. The molecular weight excluding hydrogens is 318 g/mol. The van der Waals surface area contributed by atoms with Gasteiger partial charge in [0.05, 0.1) is 22.7 Å². The van der Waals surface area contributed by atoms with Crippen molar-refractivity contribution in [3.8, 4) is 10.6 Å². The number of aromatic nitrogens is 1. The van der Waals surface area contributed by atoms with E-state index in [1.807, 2.05) is 13.8 Å². The van der Waals surface area contributed by atoms with Crippen LogP contribution in [0.3, 0.4) is 0 Å². The van der Waals surface area contributed by atoms with Crippen LogP contribution in [0, 0.1) is 13.8 Å². The summed E-state index contributed by atoms with van der Waals surface area (Å²) in [7, 11) is 0. The number of hydrogen-bond donors (Lipinski definition) is 2. The Labute approximate surface area is 141 Å². The quantitative estimate of drug-likeness (QED) is 0.897. The first-order chi connectivity index (χ1) is 9.88. The second kappa shape index (κ2) is 7.72. The fraction of sp³-hybridized carbons (Fsp3) is 0.375. The Morgan fingerprint density at radius 1 is 1.23 bits per heavy atom. The van der Waals surface area contributed by atoms with E-state index in [0.717, 1.165) is 21.1 Å². The fourth-order valence-electron chi connectivity index (χ4n) is 2.04. The molecule has 0 fully saturated rings. The number of benzene rings is 1. The van der Waals surface area contributed by atoms with Crippen molar-refractivity contribution >= 4 is 29.7 Å². The van der Waals surface area contributed by atoms with Gasteiger partial charge in [-0.05, 0) is 27.7 Å². The van der Waals surface area contributed by atoms with Crippen LogP contribution in [-0.2, 0) is 4.79 Å². The van der Waals surface area contributed by atoms with Gasteiger partial charge in [0.1, 0.15) is 5.01 Å². The zero-order chi connectivity index (χ0) is 15.6. The highest BCUT2D eigenvalue weighted by atomic mass is 35.5. The molecule has 2 aromatic rings. The van der Waals surface area contributed by atoms with Crippen molar-refractivity contribution in [1.82, 2.24) is 10.3 Å². The maximum absolute atomic E-state index is 11.7. The van der Waals surface area contributed by atoms with Gasteiger partial charge >= 0.3 is 0 Å². The standard InChI is InChI=1S/C16H21N3OS.ClH/c1-9-5-7-13(8-6-9)16-19-12(4)14(21-16)11(3)18-15(20)10(2)17;/h5-8,10-11H,17H2,1-4H3,(H,18,20);1H/t10-,11?;/m0./s1. The Morgan fingerprint density at radius 2 is 1.82 bits per heavy atom. The van der Waals surface area contributed by atoms with E-state index in [0.29, 0.717) is 0 Å². The molecule has 0 saturated heterocycles.